The number of hydrogen-bond donors (Lipinski definition) is 1. The van der Waals surface area contributed by atoms with Gasteiger partial charge in [0.1, 0.15) is 0 Å². The number of fused-ring (bicyclic) bond motifs is 1. The Morgan fingerprint density at radius 2 is 2.00 bits per heavy atom. The van der Waals surface area contributed by atoms with E-state index in [2.05, 4.69) is 29.2 Å². The van der Waals surface area contributed by atoms with E-state index in [0.717, 1.165) is 5.56 Å². The summed E-state index contributed by atoms with van der Waals surface area (Å²) in [5.74, 6) is 0. The number of hydrogen-bond acceptors (Lipinski definition) is 2. The van der Waals surface area contributed by atoms with Crippen LogP contribution in [0.2, 0.25) is 0 Å². The number of aryl methyl sites for hydroxylation is 2. The molecule has 2 N–H and O–H groups in total. The minimum Gasteiger partial charge on any atom is -0.326 e. The second-order valence-electron chi connectivity index (χ2n) is 4.57. The summed E-state index contributed by atoms with van der Waals surface area (Å²) in [7, 11) is 0. The summed E-state index contributed by atoms with van der Waals surface area (Å²) in [5.41, 5.74) is 12.4. The molecular weight excluding hydrogens is 208 g/mol. The zero-order valence-electron chi connectivity index (χ0n) is 9.82. The number of nitrogens with two attached hydrogens (primary N) is 1. The molecule has 3 rings (SSSR count). The summed E-state index contributed by atoms with van der Waals surface area (Å²) in [6.07, 6.45) is 7.44. The average molecular weight is 224 g/mol. The summed E-state index contributed by atoms with van der Waals surface area (Å²) in [6, 6.07) is 8.84. The van der Waals surface area contributed by atoms with Crippen LogP contribution in [0.3, 0.4) is 0 Å². The van der Waals surface area contributed by atoms with Crippen molar-refractivity contribution in [1.82, 2.24) is 4.98 Å². The summed E-state index contributed by atoms with van der Waals surface area (Å²) < 4.78 is 0. The highest BCUT2D eigenvalue weighted by atomic mass is 14.6. The van der Waals surface area contributed by atoms with Gasteiger partial charge in [-0.3, -0.25) is 4.98 Å². The lowest BCUT2D eigenvalue weighted by molar-refractivity contribution is 0.912. The maximum Gasteiger partial charge on any atom is 0.0318 e. The zero-order chi connectivity index (χ0) is 11.7. The normalized spacial score (nSPS) is 13.7. The highest BCUT2D eigenvalue weighted by molar-refractivity contribution is 5.68. The van der Waals surface area contributed by atoms with Crippen LogP contribution in [0.25, 0.3) is 11.1 Å². The Kier molecular flexibility index (Phi) is 2.65. The van der Waals surface area contributed by atoms with Crippen molar-refractivity contribution in [3.8, 4) is 11.1 Å². The van der Waals surface area contributed by atoms with Crippen molar-refractivity contribution in [2.75, 3.05) is 0 Å². The monoisotopic (exact) mass is 224 g/mol. The van der Waals surface area contributed by atoms with Gasteiger partial charge >= 0.3 is 0 Å². The molecule has 0 atom stereocenters. The third-order valence-electron chi connectivity index (χ3n) is 3.53. The van der Waals surface area contributed by atoms with E-state index in [0.29, 0.717) is 6.54 Å². The van der Waals surface area contributed by atoms with Crippen molar-refractivity contribution in [3.05, 3.63) is 53.3 Å². The molecule has 2 heteroatoms. The minimum absolute atomic E-state index is 0.542. The molecule has 0 saturated carbocycles. The van der Waals surface area contributed by atoms with Crippen LogP contribution < -0.4 is 5.73 Å². The van der Waals surface area contributed by atoms with Gasteiger partial charge in [-0.15, -0.1) is 0 Å². The first-order valence-corrected chi connectivity index (χ1v) is 6.13. The van der Waals surface area contributed by atoms with Crippen LogP contribution in [0.5, 0.6) is 0 Å². The fourth-order valence-corrected chi connectivity index (χ4v) is 2.61. The lowest BCUT2D eigenvalue weighted by Gasteiger charge is -2.09. The van der Waals surface area contributed by atoms with Gasteiger partial charge in [-0.1, -0.05) is 18.2 Å². The Hall–Kier alpha value is -1.67. The van der Waals surface area contributed by atoms with Gasteiger partial charge in [-0.2, -0.15) is 0 Å². The Bertz CT molecular complexity index is 546. The second-order valence-corrected chi connectivity index (χ2v) is 4.57. The van der Waals surface area contributed by atoms with Gasteiger partial charge in [0.25, 0.3) is 0 Å². The molecule has 0 unspecified atom stereocenters. The van der Waals surface area contributed by atoms with E-state index in [1.54, 1.807) is 0 Å². The SMILES string of the molecule is NCc1cnccc1-c1ccc2c(c1)CCC2. The fraction of sp³-hybridized carbons (Fsp3) is 0.267. The van der Waals surface area contributed by atoms with Gasteiger partial charge in [0, 0.05) is 18.9 Å². The molecule has 86 valence electrons. The number of pyridine rings is 1. The third-order valence-corrected chi connectivity index (χ3v) is 3.53. The molecular formula is C15H16N2. The van der Waals surface area contributed by atoms with Crippen LogP contribution in [0.15, 0.2) is 36.7 Å². The topological polar surface area (TPSA) is 38.9 Å². The molecule has 1 aromatic carbocycles. The number of rotatable bonds is 2. The maximum atomic E-state index is 5.76. The smallest absolute Gasteiger partial charge is 0.0318 e. The average Bonchev–Trinajstić information content (AvgIpc) is 2.85. The van der Waals surface area contributed by atoms with E-state index >= 15 is 0 Å². The van der Waals surface area contributed by atoms with Crippen LogP contribution in [0.1, 0.15) is 23.1 Å². The summed E-state index contributed by atoms with van der Waals surface area (Å²) in [6.45, 7) is 0.542. The number of aromatic nitrogens is 1. The molecule has 1 aliphatic rings. The number of benzene rings is 1. The molecule has 0 bridgehead atoms. The Balaban J connectivity index is 2.09. The predicted molar refractivity (Wildman–Crippen MR) is 69.6 cm³/mol. The molecule has 0 radical (unpaired) electrons. The van der Waals surface area contributed by atoms with Gasteiger partial charge in [-0.25, -0.2) is 0 Å². The van der Waals surface area contributed by atoms with Crippen LogP contribution in [-0.4, -0.2) is 4.98 Å². The second kappa shape index (κ2) is 4.30. The van der Waals surface area contributed by atoms with Crippen LogP contribution >= 0.6 is 0 Å². The van der Waals surface area contributed by atoms with Crippen molar-refractivity contribution in [3.63, 3.8) is 0 Å². The standard InChI is InChI=1S/C15H16N2/c16-9-14-10-17-7-6-15(14)13-5-4-11-2-1-3-12(11)8-13/h4-8,10H,1-3,9,16H2. The first-order chi connectivity index (χ1) is 8.38. The molecule has 0 saturated heterocycles. The van der Waals surface area contributed by atoms with Gasteiger partial charge in [-0.05, 0) is 53.1 Å². The van der Waals surface area contributed by atoms with E-state index in [1.165, 1.54) is 41.5 Å². The van der Waals surface area contributed by atoms with Crippen molar-refractivity contribution in [2.45, 2.75) is 25.8 Å². The Morgan fingerprint density at radius 1 is 1.12 bits per heavy atom. The van der Waals surface area contributed by atoms with Gasteiger partial charge < -0.3 is 5.73 Å². The quantitative estimate of drug-likeness (QED) is 0.851. The predicted octanol–water partition coefficient (Wildman–Crippen LogP) is 2.70. The summed E-state index contributed by atoms with van der Waals surface area (Å²) >= 11 is 0. The number of nitrogens with zero attached hydrogens (tertiary/aromatic N) is 1. The molecule has 0 spiro atoms. The third kappa shape index (κ3) is 1.85. The largest absolute Gasteiger partial charge is 0.326 e. The zero-order valence-corrected chi connectivity index (χ0v) is 9.82. The maximum absolute atomic E-state index is 5.76. The van der Waals surface area contributed by atoms with Crippen molar-refractivity contribution >= 4 is 0 Å². The molecule has 17 heavy (non-hydrogen) atoms. The lowest BCUT2D eigenvalue weighted by Crippen LogP contribution is -1.99. The Labute approximate surface area is 102 Å². The lowest BCUT2D eigenvalue weighted by atomic mass is 9.98. The van der Waals surface area contributed by atoms with Crippen LogP contribution in [0.4, 0.5) is 0 Å². The molecule has 0 amide bonds. The highest BCUT2D eigenvalue weighted by Gasteiger charge is 2.12. The summed E-state index contributed by atoms with van der Waals surface area (Å²) in [5, 5.41) is 0. The van der Waals surface area contributed by atoms with E-state index in [4.69, 9.17) is 5.73 Å². The first kappa shape index (κ1) is 10.5. The molecule has 2 aromatic rings. The van der Waals surface area contributed by atoms with E-state index in [-0.39, 0.29) is 0 Å². The van der Waals surface area contributed by atoms with E-state index in [9.17, 15) is 0 Å². The van der Waals surface area contributed by atoms with Crippen LogP contribution in [0, 0.1) is 0 Å². The van der Waals surface area contributed by atoms with Gasteiger partial charge in [0.15, 0.2) is 0 Å². The molecule has 1 heterocycles. The fourth-order valence-electron chi connectivity index (χ4n) is 2.61. The first-order valence-electron chi connectivity index (χ1n) is 6.13. The van der Waals surface area contributed by atoms with Gasteiger partial charge in [0.2, 0.25) is 0 Å². The van der Waals surface area contributed by atoms with Crippen molar-refractivity contribution < 1.29 is 0 Å². The van der Waals surface area contributed by atoms with Gasteiger partial charge in [0.05, 0.1) is 0 Å². The van der Waals surface area contributed by atoms with Crippen molar-refractivity contribution in [1.29, 1.82) is 0 Å². The molecule has 2 nitrogen and oxygen atoms in total. The molecule has 1 aromatic heterocycles. The van der Waals surface area contributed by atoms with Crippen LogP contribution in [-0.2, 0) is 19.4 Å². The summed E-state index contributed by atoms with van der Waals surface area (Å²) in [4.78, 5) is 4.13. The van der Waals surface area contributed by atoms with E-state index < -0.39 is 0 Å². The van der Waals surface area contributed by atoms with E-state index in [1.807, 2.05) is 12.4 Å². The minimum atomic E-state index is 0.542. The highest BCUT2D eigenvalue weighted by Crippen LogP contribution is 2.29. The molecule has 0 aliphatic heterocycles. The van der Waals surface area contributed by atoms with Crippen molar-refractivity contribution in [2.24, 2.45) is 5.73 Å². The molecule has 0 fully saturated rings. The Morgan fingerprint density at radius 3 is 2.88 bits per heavy atom. The molecule has 1 aliphatic carbocycles.